The molecule has 0 radical (unpaired) electrons. The van der Waals surface area contributed by atoms with Crippen molar-refractivity contribution in [2.75, 3.05) is 51.3 Å². The van der Waals surface area contributed by atoms with Gasteiger partial charge in [0.1, 0.15) is 11.5 Å². The van der Waals surface area contributed by atoms with E-state index in [1.54, 1.807) is 36.6 Å². The summed E-state index contributed by atoms with van der Waals surface area (Å²) in [4.78, 5) is 21.2. The zero-order valence-electron chi connectivity index (χ0n) is 21.4. The van der Waals surface area contributed by atoms with Crippen LogP contribution in [0.4, 0.5) is 5.13 Å². The first-order valence-electron chi connectivity index (χ1n) is 12.5. The minimum atomic E-state index is -0.436. The van der Waals surface area contributed by atoms with Gasteiger partial charge in [0.25, 0.3) is 0 Å². The van der Waals surface area contributed by atoms with Crippen molar-refractivity contribution < 1.29 is 14.3 Å². The molecular weight excluding hydrogens is 472 g/mol. The number of nitrogens with zero attached hydrogens (tertiary/aromatic N) is 3. The second-order valence-electron chi connectivity index (χ2n) is 9.65. The number of thiazole rings is 1. The fraction of sp³-hybridized carbons (Fsp3) is 0.429. The molecular formula is C28H36N4O3S. The molecule has 1 fully saturated rings. The van der Waals surface area contributed by atoms with Crippen LogP contribution in [-0.4, -0.2) is 62.2 Å². The van der Waals surface area contributed by atoms with E-state index < -0.39 is 5.91 Å². The lowest BCUT2D eigenvalue weighted by Crippen LogP contribution is -2.46. The number of unbranched alkanes of at least 4 members (excludes halogenated alkanes) is 1. The van der Waals surface area contributed by atoms with E-state index >= 15 is 0 Å². The molecule has 4 rings (SSSR count). The molecule has 36 heavy (non-hydrogen) atoms. The van der Waals surface area contributed by atoms with Gasteiger partial charge in [0.05, 0.1) is 19.4 Å². The van der Waals surface area contributed by atoms with E-state index in [-0.39, 0.29) is 5.41 Å². The fourth-order valence-corrected chi connectivity index (χ4v) is 5.43. The Morgan fingerprint density at radius 2 is 1.81 bits per heavy atom. The van der Waals surface area contributed by atoms with Gasteiger partial charge in [0.15, 0.2) is 5.13 Å². The van der Waals surface area contributed by atoms with Crippen molar-refractivity contribution in [3.63, 3.8) is 0 Å². The summed E-state index contributed by atoms with van der Waals surface area (Å²) in [5, 5.41) is 3.31. The van der Waals surface area contributed by atoms with Gasteiger partial charge in [0, 0.05) is 42.5 Å². The van der Waals surface area contributed by atoms with Crippen LogP contribution in [0.1, 0.15) is 48.3 Å². The predicted octanol–water partition coefficient (Wildman–Crippen LogP) is 4.56. The summed E-state index contributed by atoms with van der Waals surface area (Å²) in [6.45, 7) is 10.2. The molecule has 2 heterocycles. The smallest absolute Gasteiger partial charge is 0.248 e. The monoisotopic (exact) mass is 508 g/mol. The number of carbonyl (C=O) groups excluding carboxylic acids is 1. The summed E-state index contributed by atoms with van der Waals surface area (Å²) < 4.78 is 11.1. The molecule has 0 unspecified atom stereocenters. The summed E-state index contributed by atoms with van der Waals surface area (Å²) in [6.07, 6.45) is 2.05. The SMILES string of the molecule is COc1ccc(C(C)(C)c2csc(N3CCN(CCCCOc4cccc(C(N)=O)c4)CC3)n2)cc1. The van der Waals surface area contributed by atoms with Crippen LogP contribution >= 0.6 is 11.3 Å². The quantitative estimate of drug-likeness (QED) is 0.383. The highest BCUT2D eigenvalue weighted by atomic mass is 32.1. The van der Waals surface area contributed by atoms with Crippen LogP contribution in [0.2, 0.25) is 0 Å². The van der Waals surface area contributed by atoms with E-state index in [1.807, 2.05) is 18.2 Å². The summed E-state index contributed by atoms with van der Waals surface area (Å²) in [7, 11) is 1.69. The van der Waals surface area contributed by atoms with Gasteiger partial charge < -0.3 is 20.1 Å². The molecule has 2 aromatic carbocycles. The average molecular weight is 509 g/mol. The summed E-state index contributed by atoms with van der Waals surface area (Å²) in [6, 6.07) is 15.3. The Bertz CT molecular complexity index is 1140. The molecule has 192 valence electrons. The number of benzene rings is 2. The Balaban J connectivity index is 1.20. The Hall–Kier alpha value is -3.10. The second kappa shape index (κ2) is 11.8. The predicted molar refractivity (Wildman–Crippen MR) is 146 cm³/mol. The number of rotatable bonds is 11. The van der Waals surface area contributed by atoms with E-state index in [9.17, 15) is 4.79 Å². The van der Waals surface area contributed by atoms with Gasteiger partial charge in [-0.3, -0.25) is 9.69 Å². The first-order valence-corrected chi connectivity index (χ1v) is 13.4. The number of anilines is 1. The number of piperazine rings is 1. The molecule has 1 amide bonds. The van der Waals surface area contributed by atoms with Gasteiger partial charge in [0.2, 0.25) is 5.91 Å². The molecule has 1 saturated heterocycles. The summed E-state index contributed by atoms with van der Waals surface area (Å²) in [5.41, 5.74) is 7.98. The third-order valence-corrected chi connectivity index (χ3v) is 7.74. The highest BCUT2D eigenvalue weighted by Gasteiger charge is 2.28. The Morgan fingerprint density at radius 3 is 2.50 bits per heavy atom. The van der Waals surface area contributed by atoms with E-state index in [0.717, 1.165) is 62.1 Å². The van der Waals surface area contributed by atoms with Gasteiger partial charge in [-0.15, -0.1) is 11.3 Å². The van der Waals surface area contributed by atoms with E-state index in [0.29, 0.717) is 17.9 Å². The fourth-order valence-electron chi connectivity index (χ4n) is 4.38. The number of nitrogens with two attached hydrogens (primary N) is 1. The molecule has 0 bridgehead atoms. The molecule has 3 aromatic rings. The standard InChI is InChI=1S/C28H36N4O3S/c1-28(2,22-9-11-23(34-3)12-10-22)25-20-36-27(30-25)32-16-14-31(15-17-32)13-4-5-18-35-24-8-6-7-21(19-24)26(29)33/h6-12,19-20H,4-5,13-18H2,1-3H3,(H2,29,33). The van der Waals surface area contributed by atoms with E-state index in [1.165, 1.54) is 5.56 Å². The number of ether oxygens (including phenoxy) is 2. The minimum Gasteiger partial charge on any atom is -0.497 e. The number of hydrogen-bond acceptors (Lipinski definition) is 7. The number of hydrogen-bond donors (Lipinski definition) is 1. The van der Waals surface area contributed by atoms with E-state index in [2.05, 4.69) is 41.2 Å². The van der Waals surface area contributed by atoms with Crippen LogP contribution in [0.15, 0.2) is 53.9 Å². The number of aromatic nitrogens is 1. The highest BCUT2D eigenvalue weighted by molar-refractivity contribution is 7.13. The van der Waals surface area contributed by atoms with Crippen molar-refractivity contribution in [3.8, 4) is 11.5 Å². The van der Waals surface area contributed by atoms with E-state index in [4.69, 9.17) is 20.2 Å². The van der Waals surface area contributed by atoms with Crippen LogP contribution in [0.3, 0.4) is 0 Å². The van der Waals surface area contributed by atoms with Crippen molar-refractivity contribution in [2.24, 2.45) is 5.73 Å². The number of carbonyl (C=O) groups is 1. The van der Waals surface area contributed by atoms with Crippen molar-refractivity contribution in [1.29, 1.82) is 0 Å². The van der Waals surface area contributed by atoms with Gasteiger partial charge in [-0.05, 0) is 55.3 Å². The van der Waals surface area contributed by atoms with Gasteiger partial charge in [-0.2, -0.15) is 0 Å². The van der Waals surface area contributed by atoms with Gasteiger partial charge >= 0.3 is 0 Å². The molecule has 0 spiro atoms. The highest BCUT2D eigenvalue weighted by Crippen LogP contribution is 2.35. The first-order chi connectivity index (χ1) is 17.4. The molecule has 8 heteroatoms. The summed E-state index contributed by atoms with van der Waals surface area (Å²) in [5.74, 6) is 1.13. The largest absolute Gasteiger partial charge is 0.497 e. The normalized spacial score (nSPS) is 14.6. The Kier molecular flexibility index (Phi) is 8.48. The van der Waals surface area contributed by atoms with Crippen LogP contribution < -0.4 is 20.1 Å². The third kappa shape index (κ3) is 6.36. The van der Waals surface area contributed by atoms with Gasteiger partial charge in [-0.1, -0.05) is 32.0 Å². The number of amides is 1. The van der Waals surface area contributed by atoms with Crippen molar-refractivity contribution in [2.45, 2.75) is 32.1 Å². The molecule has 1 aliphatic rings. The van der Waals surface area contributed by atoms with Crippen molar-refractivity contribution in [1.82, 2.24) is 9.88 Å². The number of methoxy groups -OCH3 is 1. The maximum absolute atomic E-state index is 11.3. The van der Waals surface area contributed by atoms with Crippen molar-refractivity contribution in [3.05, 3.63) is 70.7 Å². The Morgan fingerprint density at radius 1 is 1.06 bits per heavy atom. The molecule has 1 aliphatic heterocycles. The lowest BCUT2D eigenvalue weighted by Gasteiger charge is -2.34. The first kappa shape index (κ1) is 26.0. The van der Waals surface area contributed by atoms with Crippen LogP contribution in [0, 0.1) is 0 Å². The lowest BCUT2D eigenvalue weighted by molar-refractivity contribution is 0.1000. The third-order valence-electron chi connectivity index (χ3n) is 6.84. The van der Waals surface area contributed by atoms with Crippen LogP contribution in [-0.2, 0) is 5.41 Å². The summed E-state index contributed by atoms with van der Waals surface area (Å²) >= 11 is 1.74. The second-order valence-corrected chi connectivity index (χ2v) is 10.5. The maximum Gasteiger partial charge on any atom is 0.248 e. The lowest BCUT2D eigenvalue weighted by atomic mass is 9.82. The topological polar surface area (TPSA) is 80.9 Å². The number of primary amides is 1. The minimum absolute atomic E-state index is 0.161. The average Bonchev–Trinajstić information content (AvgIpc) is 3.40. The van der Waals surface area contributed by atoms with Gasteiger partial charge in [-0.25, -0.2) is 4.98 Å². The zero-order valence-corrected chi connectivity index (χ0v) is 22.2. The van der Waals surface area contributed by atoms with Crippen molar-refractivity contribution >= 4 is 22.4 Å². The maximum atomic E-state index is 11.3. The molecule has 2 N–H and O–H groups in total. The van der Waals surface area contributed by atoms with Crippen LogP contribution in [0.5, 0.6) is 11.5 Å². The zero-order chi connectivity index (χ0) is 25.5. The molecule has 0 atom stereocenters. The molecule has 1 aromatic heterocycles. The molecule has 0 aliphatic carbocycles. The molecule has 7 nitrogen and oxygen atoms in total. The van der Waals surface area contributed by atoms with Crippen LogP contribution in [0.25, 0.3) is 0 Å². The Labute approximate surface area is 217 Å². The molecule has 0 saturated carbocycles.